The normalized spacial score (nSPS) is 10.7. The zero-order valence-electron chi connectivity index (χ0n) is 12.6. The number of nitrogens with zero attached hydrogens (tertiary/aromatic N) is 1. The van der Waals surface area contributed by atoms with Crippen molar-refractivity contribution >= 4 is 39.2 Å². The standard InChI is InChI=1S/C17H14FN3OS2/c18-13-7-3-1-5-11(13)9-19-17(23)24-10-15-20-14-8-4-2-6-12(14)16(22)21-15/h1-8H,9-10H2,(H,19,23)(H,20,21,22). The van der Waals surface area contributed by atoms with E-state index < -0.39 is 0 Å². The SMILES string of the molecule is O=c1[nH]c(CSC(=S)NCc2ccccc2F)nc2ccccc12. The zero-order chi connectivity index (χ0) is 16.9. The van der Waals surface area contributed by atoms with E-state index in [1.807, 2.05) is 6.07 Å². The van der Waals surface area contributed by atoms with Crippen molar-refractivity contribution in [2.45, 2.75) is 12.3 Å². The molecule has 0 aliphatic carbocycles. The van der Waals surface area contributed by atoms with Gasteiger partial charge in [-0.2, -0.15) is 0 Å². The molecule has 2 aromatic carbocycles. The topological polar surface area (TPSA) is 57.8 Å². The van der Waals surface area contributed by atoms with Gasteiger partial charge in [0.1, 0.15) is 16.0 Å². The summed E-state index contributed by atoms with van der Waals surface area (Å²) in [6.45, 7) is 0.320. The average molecular weight is 359 g/mol. The molecule has 0 radical (unpaired) electrons. The van der Waals surface area contributed by atoms with Gasteiger partial charge in [0.05, 0.1) is 16.7 Å². The van der Waals surface area contributed by atoms with Gasteiger partial charge >= 0.3 is 0 Å². The highest BCUT2D eigenvalue weighted by molar-refractivity contribution is 8.22. The number of thiocarbonyl (C=S) groups is 1. The minimum atomic E-state index is -0.265. The lowest BCUT2D eigenvalue weighted by molar-refractivity contribution is 0.607. The summed E-state index contributed by atoms with van der Waals surface area (Å²) in [5.41, 5.74) is 1.04. The van der Waals surface area contributed by atoms with Gasteiger partial charge in [0, 0.05) is 12.1 Å². The Morgan fingerprint density at radius 1 is 1.21 bits per heavy atom. The lowest BCUT2D eigenvalue weighted by atomic mass is 10.2. The van der Waals surface area contributed by atoms with Crippen molar-refractivity contribution in [3.63, 3.8) is 0 Å². The molecule has 2 N–H and O–H groups in total. The molecular weight excluding hydrogens is 345 g/mol. The molecule has 0 unspecified atom stereocenters. The van der Waals surface area contributed by atoms with Crippen LogP contribution in [0.2, 0.25) is 0 Å². The van der Waals surface area contributed by atoms with Gasteiger partial charge in [-0.3, -0.25) is 4.79 Å². The number of halogens is 1. The van der Waals surface area contributed by atoms with Crippen LogP contribution in [0.4, 0.5) is 4.39 Å². The molecule has 0 amide bonds. The highest BCUT2D eigenvalue weighted by atomic mass is 32.2. The maximum Gasteiger partial charge on any atom is 0.258 e. The van der Waals surface area contributed by atoms with Gasteiger partial charge in [0.15, 0.2) is 0 Å². The number of H-pyrrole nitrogens is 1. The van der Waals surface area contributed by atoms with Crippen LogP contribution in [0, 0.1) is 5.82 Å². The third-order valence-electron chi connectivity index (χ3n) is 3.38. The number of thioether (sulfide) groups is 1. The van der Waals surface area contributed by atoms with Crippen LogP contribution in [0.1, 0.15) is 11.4 Å². The molecule has 3 aromatic rings. The van der Waals surface area contributed by atoms with E-state index in [0.717, 1.165) is 0 Å². The first-order valence-electron chi connectivity index (χ1n) is 7.25. The molecule has 0 bridgehead atoms. The molecule has 7 heteroatoms. The minimum Gasteiger partial charge on any atom is -0.367 e. The summed E-state index contributed by atoms with van der Waals surface area (Å²) >= 11 is 6.57. The number of aromatic amines is 1. The van der Waals surface area contributed by atoms with Crippen molar-refractivity contribution < 1.29 is 4.39 Å². The Labute approximate surface area is 147 Å². The Bertz CT molecular complexity index is 942. The van der Waals surface area contributed by atoms with Crippen LogP contribution >= 0.6 is 24.0 Å². The van der Waals surface area contributed by atoms with Gasteiger partial charge in [-0.05, 0) is 18.2 Å². The van der Waals surface area contributed by atoms with Crippen LogP contribution < -0.4 is 10.9 Å². The second kappa shape index (κ2) is 7.55. The molecule has 1 aromatic heterocycles. The van der Waals surface area contributed by atoms with E-state index in [1.165, 1.54) is 17.8 Å². The molecule has 0 saturated carbocycles. The van der Waals surface area contributed by atoms with Gasteiger partial charge in [-0.25, -0.2) is 9.37 Å². The molecule has 0 saturated heterocycles. The van der Waals surface area contributed by atoms with Crippen molar-refractivity contribution in [1.29, 1.82) is 0 Å². The first kappa shape index (κ1) is 16.6. The second-order valence-electron chi connectivity index (χ2n) is 5.05. The molecule has 24 heavy (non-hydrogen) atoms. The molecule has 1 heterocycles. The van der Waals surface area contributed by atoms with E-state index in [2.05, 4.69) is 15.3 Å². The fourth-order valence-corrected chi connectivity index (χ4v) is 3.03. The summed E-state index contributed by atoms with van der Waals surface area (Å²) in [7, 11) is 0. The minimum absolute atomic E-state index is 0.165. The van der Waals surface area contributed by atoms with Gasteiger partial charge in [-0.1, -0.05) is 54.3 Å². The van der Waals surface area contributed by atoms with Crippen LogP contribution in [-0.2, 0) is 12.3 Å². The third kappa shape index (κ3) is 3.98. The zero-order valence-corrected chi connectivity index (χ0v) is 14.2. The van der Waals surface area contributed by atoms with Crippen LogP contribution in [-0.4, -0.2) is 14.3 Å². The number of hydrogen-bond donors (Lipinski definition) is 2. The van der Waals surface area contributed by atoms with E-state index in [-0.39, 0.29) is 11.4 Å². The van der Waals surface area contributed by atoms with E-state index in [1.54, 1.807) is 36.4 Å². The maximum atomic E-state index is 13.5. The van der Waals surface area contributed by atoms with E-state index in [0.29, 0.717) is 38.9 Å². The predicted octanol–water partition coefficient (Wildman–Crippen LogP) is 3.37. The Balaban J connectivity index is 1.60. The summed E-state index contributed by atoms with van der Waals surface area (Å²) in [5, 5.41) is 3.56. The van der Waals surface area contributed by atoms with Crippen LogP contribution in [0.5, 0.6) is 0 Å². The highest BCUT2D eigenvalue weighted by Crippen LogP contribution is 2.13. The number of aromatic nitrogens is 2. The molecule has 0 spiro atoms. The quantitative estimate of drug-likeness (QED) is 0.700. The van der Waals surface area contributed by atoms with Crippen LogP contribution in [0.25, 0.3) is 10.9 Å². The summed E-state index contributed by atoms with van der Waals surface area (Å²) in [5.74, 6) is 0.723. The molecule has 0 atom stereocenters. The summed E-state index contributed by atoms with van der Waals surface area (Å²) < 4.78 is 14.1. The number of para-hydroxylation sites is 1. The number of nitrogens with one attached hydrogen (secondary N) is 2. The lowest BCUT2D eigenvalue weighted by Gasteiger charge is -2.08. The fourth-order valence-electron chi connectivity index (χ4n) is 2.20. The maximum absolute atomic E-state index is 13.5. The second-order valence-corrected chi connectivity index (χ2v) is 6.70. The number of benzene rings is 2. The monoisotopic (exact) mass is 359 g/mol. The number of fused-ring (bicyclic) bond motifs is 1. The highest BCUT2D eigenvalue weighted by Gasteiger charge is 2.06. The summed E-state index contributed by atoms with van der Waals surface area (Å²) in [4.78, 5) is 19.2. The van der Waals surface area contributed by atoms with Crippen molar-refractivity contribution in [1.82, 2.24) is 15.3 Å². The molecule has 122 valence electrons. The van der Waals surface area contributed by atoms with Crippen LogP contribution in [0.15, 0.2) is 53.3 Å². The Morgan fingerprint density at radius 3 is 2.79 bits per heavy atom. The third-order valence-corrected chi connectivity index (χ3v) is 4.71. The molecule has 3 rings (SSSR count). The van der Waals surface area contributed by atoms with Crippen molar-refractivity contribution in [3.05, 3.63) is 76.1 Å². The summed E-state index contributed by atoms with van der Waals surface area (Å²) in [6.07, 6.45) is 0. The first-order valence-corrected chi connectivity index (χ1v) is 8.65. The van der Waals surface area contributed by atoms with Crippen molar-refractivity contribution in [2.75, 3.05) is 0 Å². The largest absolute Gasteiger partial charge is 0.367 e. The molecule has 0 fully saturated rings. The van der Waals surface area contributed by atoms with Gasteiger partial charge < -0.3 is 10.3 Å². The molecule has 4 nitrogen and oxygen atoms in total. The van der Waals surface area contributed by atoms with Crippen molar-refractivity contribution in [3.8, 4) is 0 Å². The first-order chi connectivity index (χ1) is 11.6. The Morgan fingerprint density at radius 2 is 1.96 bits per heavy atom. The Kier molecular flexibility index (Phi) is 5.22. The van der Waals surface area contributed by atoms with Gasteiger partial charge in [-0.15, -0.1) is 0 Å². The molecular formula is C17H14FN3OS2. The summed E-state index contributed by atoms with van der Waals surface area (Å²) in [6, 6.07) is 13.7. The van der Waals surface area contributed by atoms with Crippen LogP contribution in [0.3, 0.4) is 0 Å². The van der Waals surface area contributed by atoms with Gasteiger partial charge in [0.2, 0.25) is 0 Å². The molecule has 0 aliphatic rings. The Hall–Kier alpha value is -2.25. The number of rotatable bonds is 4. The lowest BCUT2D eigenvalue weighted by Crippen LogP contribution is -2.19. The molecule has 0 aliphatic heterocycles. The van der Waals surface area contributed by atoms with E-state index in [9.17, 15) is 9.18 Å². The smallest absolute Gasteiger partial charge is 0.258 e. The predicted molar refractivity (Wildman–Crippen MR) is 99.5 cm³/mol. The fraction of sp³-hybridized carbons (Fsp3) is 0.118. The number of hydrogen-bond acceptors (Lipinski definition) is 4. The average Bonchev–Trinajstić information content (AvgIpc) is 2.59. The van der Waals surface area contributed by atoms with E-state index >= 15 is 0 Å². The van der Waals surface area contributed by atoms with E-state index in [4.69, 9.17) is 12.2 Å². The van der Waals surface area contributed by atoms with Gasteiger partial charge in [0.25, 0.3) is 5.56 Å². The van der Waals surface area contributed by atoms with Crippen molar-refractivity contribution in [2.24, 2.45) is 0 Å².